The van der Waals surface area contributed by atoms with E-state index in [0.29, 0.717) is 6.61 Å². The van der Waals surface area contributed by atoms with Crippen LogP contribution in [0, 0.1) is 0 Å². The zero-order valence-electron chi connectivity index (χ0n) is 18.2. The fourth-order valence-corrected chi connectivity index (χ4v) is 3.86. The predicted octanol–water partition coefficient (Wildman–Crippen LogP) is 6.20. The van der Waals surface area contributed by atoms with Gasteiger partial charge in [0.2, 0.25) is 0 Å². The third-order valence-corrected chi connectivity index (χ3v) is 5.72. The average Bonchev–Trinajstić information content (AvgIpc) is 2.67. The molecule has 0 bridgehead atoms. The van der Waals surface area contributed by atoms with Gasteiger partial charge in [-0.15, -0.1) is 0 Å². The molecule has 28 heavy (non-hydrogen) atoms. The highest BCUT2D eigenvalue weighted by atomic mass is 32.2. The number of benzene rings is 1. The Labute approximate surface area is 174 Å². The van der Waals surface area contributed by atoms with Crippen LogP contribution in [-0.4, -0.2) is 21.6 Å². The van der Waals surface area contributed by atoms with Gasteiger partial charge in [0, 0.05) is 0 Å². The SMILES string of the molecule is CCCCCCCCCCCCOS(=O)(=O)Cc1ccccc1.CCCCN. The first-order valence-corrected chi connectivity index (χ1v) is 12.7. The summed E-state index contributed by atoms with van der Waals surface area (Å²) in [6, 6.07) is 9.17. The lowest BCUT2D eigenvalue weighted by Gasteiger charge is -2.06. The molecule has 0 aromatic heterocycles. The van der Waals surface area contributed by atoms with E-state index in [-0.39, 0.29) is 5.75 Å². The van der Waals surface area contributed by atoms with Crippen LogP contribution in [0.3, 0.4) is 0 Å². The second kappa shape index (κ2) is 19.4. The van der Waals surface area contributed by atoms with Gasteiger partial charge >= 0.3 is 0 Å². The molecule has 2 N–H and O–H groups in total. The molecule has 0 radical (unpaired) electrons. The van der Waals surface area contributed by atoms with E-state index in [9.17, 15) is 8.42 Å². The first kappa shape index (κ1) is 27.1. The summed E-state index contributed by atoms with van der Waals surface area (Å²) in [5, 5.41) is 0. The van der Waals surface area contributed by atoms with Gasteiger partial charge in [-0.05, 0) is 24.9 Å². The number of unbranched alkanes of at least 4 members (excludes halogenated alkanes) is 10. The van der Waals surface area contributed by atoms with Crippen molar-refractivity contribution in [3.05, 3.63) is 35.9 Å². The number of hydrogen-bond acceptors (Lipinski definition) is 4. The Bertz CT molecular complexity index is 530. The minimum Gasteiger partial charge on any atom is -0.330 e. The van der Waals surface area contributed by atoms with Crippen molar-refractivity contribution in [2.45, 2.75) is 96.7 Å². The summed E-state index contributed by atoms with van der Waals surface area (Å²) in [7, 11) is -3.44. The molecule has 5 heteroatoms. The monoisotopic (exact) mass is 413 g/mol. The van der Waals surface area contributed by atoms with Crippen LogP contribution in [-0.2, 0) is 20.1 Å². The summed E-state index contributed by atoms with van der Waals surface area (Å²) < 4.78 is 28.8. The Morgan fingerprint density at radius 2 is 1.25 bits per heavy atom. The van der Waals surface area contributed by atoms with Gasteiger partial charge in [-0.2, -0.15) is 8.42 Å². The van der Waals surface area contributed by atoms with E-state index >= 15 is 0 Å². The zero-order valence-corrected chi connectivity index (χ0v) is 19.0. The number of hydrogen-bond donors (Lipinski definition) is 1. The summed E-state index contributed by atoms with van der Waals surface area (Å²) >= 11 is 0. The Morgan fingerprint density at radius 1 is 0.750 bits per heavy atom. The molecule has 1 aromatic carbocycles. The standard InChI is InChI=1S/C19H32O3S.C4H11N/c1-2-3-4-5-6-7-8-9-10-14-17-22-23(20,21)18-19-15-12-11-13-16-19;1-2-3-4-5/h11-13,15-16H,2-10,14,17-18H2,1H3;2-5H2,1H3. The molecule has 1 rings (SSSR count). The van der Waals surface area contributed by atoms with E-state index in [0.717, 1.165) is 24.9 Å². The number of nitrogens with two attached hydrogens (primary N) is 1. The number of rotatable bonds is 16. The molecule has 0 aliphatic heterocycles. The lowest BCUT2D eigenvalue weighted by Crippen LogP contribution is -2.09. The van der Waals surface area contributed by atoms with E-state index in [1.54, 1.807) is 12.1 Å². The molecule has 0 amide bonds. The van der Waals surface area contributed by atoms with Gasteiger partial charge in [0.25, 0.3) is 10.1 Å². The molecule has 0 fully saturated rings. The molecule has 0 atom stereocenters. The van der Waals surface area contributed by atoms with Crippen molar-refractivity contribution in [2.24, 2.45) is 5.73 Å². The van der Waals surface area contributed by atoms with Crippen molar-refractivity contribution in [1.82, 2.24) is 0 Å². The predicted molar refractivity (Wildman–Crippen MR) is 121 cm³/mol. The van der Waals surface area contributed by atoms with E-state index < -0.39 is 10.1 Å². The summed E-state index contributed by atoms with van der Waals surface area (Å²) in [5.74, 6) is -0.0361. The van der Waals surface area contributed by atoms with Gasteiger partial charge in [-0.25, -0.2) is 0 Å². The Balaban J connectivity index is 0.00000129. The maximum absolute atomic E-state index is 11.8. The lowest BCUT2D eigenvalue weighted by molar-refractivity contribution is 0.305. The normalized spacial score (nSPS) is 11.1. The van der Waals surface area contributed by atoms with Crippen molar-refractivity contribution in [3.63, 3.8) is 0 Å². The second-order valence-electron chi connectivity index (χ2n) is 7.33. The van der Waals surface area contributed by atoms with E-state index in [4.69, 9.17) is 9.92 Å². The van der Waals surface area contributed by atoms with E-state index in [1.807, 2.05) is 18.2 Å². The van der Waals surface area contributed by atoms with Gasteiger partial charge in [-0.3, -0.25) is 4.18 Å². The van der Waals surface area contributed by atoms with Crippen molar-refractivity contribution in [1.29, 1.82) is 0 Å². The molecule has 0 heterocycles. The highest BCUT2D eigenvalue weighted by molar-refractivity contribution is 7.85. The lowest BCUT2D eigenvalue weighted by atomic mass is 10.1. The fourth-order valence-electron chi connectivity index (χ4n) is 2.80. The molecule has 0 aliphatic carbocycles. The molecule has 1 aromatic rings. The molecule has 164 valence electrons. The van der Waals surface area contributed by atoms with Gasteiger partial charge in [0.1, 0.15) is 5.75 Å². The smallest absolute Gasteiger partial charge is 0.271 e. The Kier molecular flexibility index (Phi) is 18.8. The summed E-state index contributed by atoms with van der Waals surface area (Å²) in [6.45, 7) is 5.52. The quantitative estimate of drug-likeness (QED) is 0.259. The molecule has 4 nitrogen and oxygen atoms in total. The first-order valence-electron chi connectivity index (χ1n) is 11.2. The van der Waals surface area contributed by atoms with Crippen LogP contribution in [0.25, 0.3) is 0 Å². The van der Waals surface area contributed by atoms with Crippen molar-refractivity contribution in [3.8, 4) is 0 Å². The van der Waals surface area contributed by atoms with Crippen LogP contribution in [0.1, 0.15) is 96.5 Å². The summed E-state index contributed by atoms with van der Waals surface area (Å²) in [4.78, 5) is 0. The van der Waals surface area contributed by atoms with Gasteiger partial charge in [-0.1, -0.05) is 108 Å². The highest BCUT2D eigenvalue weighted by Crippen LogP contribution is 2.12. The van der Waals surface area contributed by atoms with Crippen LogP contribution >= 0.6 is 0 Å². The van der Waals surface area contributed by atoms with Crippen molar-refractivity contribution >= 4 is 10.1 Å². The molecule has 0 saturated carbocycles. The third-order valence-electron chi connectivity index (χ3n) is 4.50. The highest BCUT2D eigenvalue weighted by Gasteiger charge is 2.11. The van der Waals surface area contributed by atoms with E-state index in [1.165, 1.54) is 64.2 Å². The van der Waals surface area contributed by atoms with Crippen LogP contribution in [0.5, 0.6) is 0 Å². The van der Waals surface area contributed by atoms with Gasteiger partial charge < -0.3 is 5.73 Å². The molecular weight excluding hydrogens is 370 g/mol. The first-order chi connectivity index (χ1) is 13.6. The molecular formula is C23H43NO3S. The van der Waals surface area contributed by atoms with Crippen molar-refractivity contribution < 1.29 is 12.6 Å². The van der Waals surface area contributed by atoms with Gasteiger partial charge in [0.15, 0.2) is 0 Å². The Hall–Kier alpha value is -0.910. The van der Waals surface area contributed by atoms with Crippen LogP contribution in [0.2, 0.25) is 0 Å². The van der Waals surface area contributed by atoms with Gasteiger partial charge in [0.05, 0.1) is 6.61 Å². The average molecular weight is 414 g/mol. The van der Waals surface area contributed by atoms with Crippen LogP contribution in [0.15, 0.2) is 30.3 Å². The summed E-state index contributed by atoms with van der Waals surface area (Å²) in [6.07, 6.45) is 14.7. The fraction of sp³-hybridized carbons (Fsp3) is 0.739. The second-order valence-corrected chi connectivity index (χ2v) is 8.97. The van der Waals surface area contributed by atoms with Crippen LogP contribution < -0.4 is 5.73 Å². The van der Waals surface area contributed by atoms with E-state index in [2.05, 4.69) is 13.8 Å². The van der Waals surface area contributed by atoms with Crippen LogP contribution in [0.4, 0.5) is 0 Å². The Morgan fingerprint density at radius 3 is 1.71 bits per heavy atom. The minimum absolute atomic E-state index is 0.0361. The summed E-state index contributed by atoms with van der Waals surface area (Å²) in [5.41, 5.74) is 5.91. The van der Waals surface area contributed by atoms with Crippen molar-refractivity contribution in [2.75, 3.05) is 13.2 Å². The molecule has 0 saturated heterocycles. The molecule has 0 unspecified atom stereocenters. The topological polar surface area (TPSA) is 69.4 Å². The molecule has 0 aliphatic rings. The molecule has 0 spiro atoms. The maximum atomic E-state index is 11.8. The third kappa shape index (κ3) is 18.5. The largest absolute Gasteiger partial charge is 0.330 e. The zero-order chi connectivity index (χ0) is 20.9. The maximum Gasteiger partial charge on any atom is 0.271 e. The minimum atomic E-state index is -3.44.